The van der Waals surface area contributed by atoms with Gasteiger partial charge in [-0.05, 0) is 43.9 Å². The number of nitrogens with one attached hydrogen (secondary N) is 1. The highest BCUT2D eigenvalue weighted by Gasteiger charge is 2.37. The van der Waals surface area contributed by atoms with Crippen LogP contribution in [0, 0.1) is 6.92 Å². The molecule has 5 heterocycles. The molecular weight excluding hydrogens is 514 g/mol. The second-order valence-electron chi connectivity index (χ2n) is 10.3. The van der Waals surface area contributed by atoms with Crippen molar-refractivity contribution in [3.63, 3.8) is 0 Å². The van der Waals surface area contributed by atoms with Gasteiger partial charge in [0.25, 0.3) is 5.91 Å². The van der Waals surface area contributed by atoms with E-state index in [-0.39, 0.29) is 31.1 Å². The number of carbonyl (C=O) groups is 2. The van der Waals surface area contributed by atoms with Gasteiger partial charge in [0.2, 0.25) is 18.6 Å². The molecule has 2 atom stereocenters. The maximum atomic E-state index is 13.4. The summed E-state index contributed by atoms with van der Waals surface area (Å²) in [5.74, 6) is 2.62. The minimum absolute atomic E-state index is 0.0340. The van der Waals surface area contributed by atoms with Gasteiger partial charge in [-0.2, -0.15) is 4.98 Å². The van der Waals surface area contributed by atoms with Gasteiger partial charge in [-0.15, -0.1) is 0 Å². The number of piperazine rings is 1. The molecule has 0 saturated carbocycles. The van der Waals surface area contributed by atoms with E-state index in [9.17, 15) is 9.59 Å². The second kappa shape index (κ2) is 11.5. The van der Waals surface area contributed by atoms with Crippen LogP contribution in [0.4, 0.5) is 5.82 Å². The van der Waals surface area contributed by atoms with Crippen LogP contribution < -0.4 is 19.7 Å². The number of hydrogen-bond acceptors (Lipinski definition) is 9. The Labute approximate surface area is 232 Å². The van der Waals surface area contributed by atoms with Crippen LogP contribution in [0.3, 0.4) is 0 Å². The van der Waals surface area contributed by atoms with Crippen LogP contribution >= 0.6 is 0 Å². The molecular formula is C28H33N7O5. The Balaban J connectivity index is 1.13. The summed E-state index contributed by atoms with van der Waals surface area (Å²) in [4.78, 5) is 43.8. The van der Waals surface area contributed by atoms with E-state index in [4.69, 9.17) is 19.2 Å². The molecule has 40 heavy (non-hydrogen) atoms. The third-order valence-corrected chi connectivity index (χ3v) is 7.45. The van der Waals surface area contributed by atoms with Crippen molar-refractivity contribution in [3.8, 4) is 17.4 Å². The smallest absolute Gasteiger partial charge is 0.252 e. The number of anilines is 1. The van der Waals surface area contributed by atoms with Gasteiger partial charge in [-0.1, -0.05) is 6.07 Å². The first kappa shape index (κ1) is 26.1. The average Bonchev–Trinajstić information content (AvgIpc) is 3.75. The Morgan fingerprint density at radius 1 is 1.12 bits per heavy atom. The van der Waals surface area contributed by atoms with Gasteiger partial charge in [-0.25, -0.2) is 9.97 Å². The first-order chi connectivity index (χ1) is 19.5. The van der Waals surface area contributed by atoms with Gasteiger partial charge in [-0.3, -0.25) is 14.2 Å². The van der Waals surface area contributed by atoms with Crippen LogP contribution in [0.1, 0.15) is 30.5 Å². The summed E-state index contributed by atoms with van der Waals surface area (Å²) in [6, 6.07) is 7.42. The molecule has 0 radical (unpaired) electrons. The van der Waals surface area contributed by atoms with Crippen molar-refractivity contribution in [3.05, 3.63) is 54.2 Å². The third-order valence-electron chi connectivity index (χ3n) is 7.45. The highest BCUT2D eigenvalue weighted by atomic mass is 16.7. The summed E-state index contributed by atoms with van der Waals surface area (Å²) >= 11 is 0. The lowest BCUT2D eigenvalue weighted by molar-refractivity contribution is -0.144. The number of carbonyl (C=O) groups excluding carboxylic acids is 2. The highest BCUT2D eigenvalue weighted by molar-refractivity contribution is 5.83. The molecule has 1 N–H and O–H groups in total. The fraction of sp³-hybridized carbons (Fsp3) is 0.464. The molecule has 2 aromatic heterocycles. The van der Waals surface area contributed by atoms with Gasteiger partial charge in [0.15, 0.2) is 11.5 Å². The monoisotopic (exact) mass is 547 g/mol. The van der Waals surface area contributed by atoms with Crippen LogP contribution in [0.5, 0.6) is 11.5 Å². The predicted molar refractivity (Wildman–Crippen MR) is 144 cm³/mol. The van der Waals surface area contributed by atoms with Crippen LogP contribution in [-0.4, -0.2) is 88.0 Å². The van der Waals surface area contributed by atoms with E-state index in [1.165, 1.54) is 0 Å². The lowest BCUT2D eigenvalue weighted by atomic mass is 10.1. The minimum Gasteiger partial charge on any atom is -0.454 e. The first-order valence-corrected chi connectivity index (χ1v) is 13.7. The van der Waals surface area contributed by atoms with E-state index in [1.54, 1.807) is 23.3 Å². The van der Waals surface area contributed by atoms with Crippen LogP contribution in [-0.2, 0) is 20.7 Å². The molecule has 3 aliphatic rings. The largest absolute Gasteiger partial charge is 0.454 e. The summed E-state index contributed by atoms with van der Waals surface area (Å²) in [7, 11) is 0. The van der Waals surface area contributed by atoms with Gasteiger partial charge in [0.05, 0.1) is 6.04 Å². The molecule has 2 unspecified atom stereocenters. The zero-order valence-electron chi connectivity index (χ0n) is 22.5. The third kappa shape index (κ3) is 5.71. The summed E-state index contributed by atoms with van der Waals surface area (Å²) in [5, 5.41) is 3.03. The Kier molecular flexibility index (Phi) is 7.49. The number of nitrogens with zero attached hydrogens (tertiary/aromatic N) is 6. The van der Waals surface area contributed by atoms with Crippen molar-refractivity contribution in [1.82, 2.24) is 29.7 Å². The highest BCUT2D eigenvalue weighted by Crippen LogP contribution is 2.32. The Morgan fingerprint density at radius 3 is 2.85 bits per heavy atom. The fourth-order valence-electron chi connectivity index (χ4n) is 5.41. The second-order valence-corrected chi connectivity index (χ2v) is 10.3. The number of amides is 2. The van der Waals surface area contributed by atoms with Crippen molar-refractivity contribution in [2.45, 2.75) is 44.8 Å². The van der Waals surface area contributed by atoms with Crippen LogP contribution in [0.15, 0.2) is 43.0 Å². The number of ether oxygens (including phenoxy) is 3. The molecule has 3 aromatic rings. The minimum atomic E-state index is -0.433. The quantitative estimate of drug-likeness (QED) is 0.448. The van der Waals surface area contributed by atoms with E-state index >= 15 is 0 Å². The maximum Gasteiger partial charge on any atom is 0.252 e. The molecule has 1 aromatic carbocycles. The molecule has 6 rings (SSSR count). The molecule has 0 aliphatic carbocycles. The molecule has 2 fully saturated rings. The topological polar surface area (TPSA) is 124 Å². The standard InChI is InChI=1S/C28H33N7O5/c1-19-13-25(32-28(31-19)34-9-8-29-17-34)33-10-11-35(27(37)23-3-2-12-38-23)21(16-33)15-26(36)30-7-6-20-4-5-22-24(14-20)40-18-39-22/h4-5,8-9,13-14,17,21,23H,2-3,6-7,10-12,15-16,18H2,1H3,(H,30,36). The number of imidazole rings is 1. The number of benzene rings is 1. The van der Waals surface area contributed by atoms with E-state index in [0.29, 0.717) is 51.6 Å². The molecule has 2 saturated heterocycles. The molecule has 0 bridgehead atoms. The van der Waals surface area contributed by atoms with Gasteiger partial charge >= 0.3 is 0 Å². The first-order valence-electron chi connectivity index (χ1n) is 13.7. The predicted octanol–water partition coefficient (Wildman–Crippen LogP) is 1.64. The van der Waals surface area contributed by atoms with Crippen molar-refractivity contribution in [2.75, 3.05) is 44.5 Å². The number of aromatic nitrogens is 4. The number of fused-ring (bicyclic) bond motifs is 1. The van der Waals surface area contributed by atoms with Gasteiger partial charge in [0.1, 0.15) is 18.2 Å². The molecule has 2 amide bonds. The fourth-order valence-corrected chi connectivity index (χ4v) is 5.41. The zero-order valence-corrected chi connectivity index (χ0v) is 22.5. The van der Waals surface area contributed by atoms with Crippen LogP contribution in [0.2, 0.25) is 0 Å². The SMILES string of the molecule is Cc1cc(N2CCN(C(=O)C3CCCO3)C(CC(=O)NCCc3ccc4c(c3)OCO4)C2)nc(-n2ccnc2)n1. The summed E-state index contributed by atoms with van der Waals surface area (Å²) in [6.45, 7) is 4.79. The van der Waals surface area contributed by atoms with Crippen molar-refractivity contribution >= 4 is 17.6 Å². The van der Waals surface area contributed by atoms with E-state index in [0.717, 1.165) is 35.0 Å². The normalized spacial score (nSPS) is 20.1. The summed E-state index contributed by atoms with van der Waals surface area (Å²) < 4.78 is 18.3. The van der Waals surface area contributed by atoms with Gasteiger partial charge < -0.3 is 29.3 Å². The molecule has 12 heteroatoms. The van der Waals surface area contributed by atoms with Crippen LogP contribution in [0.25, 0.3) is 5.95 Å². The lowest BCUT2D eigenvalue weighted by Crippen LogP contribution is -2.58. The number of aryl methyl sites for hydroxylation is 1. The average molecular weight is 548 g/mol. The van der Waals surface area contributed by atoms with Crippen molar-refractivity contribution in [1.29, 1.82) is 0 Å². The number of rotatable bonds is 8. The van der Waals surface area contributed by atoms with E-state index in [2.05, 4.69) is 20.2 Å². The molecule has 12 nitrogen and oxygen atoms in total. The lowest BCUT2D eigenvalue weighted by Gasteiger charge is -2.42. The van der Waals surface area contributed by atoms with E-state index < -0.39 is 6.10 Å². The molecule has 0 spiro atoms. The van der Waals surface area contributed by atoms with Gasteiger partial charge in [0, 0.05) is 63.4 Å². The maximum absolute atomic E-state index is 13.4. The Morgan fingerprint density at radius 2 is 2.02 bits per heavy atom. The molecule has 210 valence electrons. The van der Waals surface area contributed by atoms with E-state index in [1.807, 2.05) is 36.1 Å². The number of hydrogen-bond donors (Lipinski definition) is 1. The Bertz CT molecular complexity index is 1360. The molecule has 3 aliphatic heterocycles. The zero-order chi connectivity index (χ0) is 27.5. The summed E-state index contributed by atoms with van der Waals surface area (Å²) in [6.07, 6.45) is 7.15. The van der Waals surface area contributed by atoms with Crippen molar-refractivity contribution < 1.29 is 23.8 Å². The summed E-state index contributed by atoms with van der Waals surface area (Å²) in [5.41, 5.74) is 1.88. The van der Waals surface area contributed by atoms with Crippen molar-refractivity contribution in [2.24, 2.45) is 0 Å². The Hall–Kier alpha value is -4.19.